The van der Waals surface area contributed by atoms with Crippen molar-refractivity contribution in [1.29, 1.82) is 0 Å². The molecule has 0 aliphatic carbocycles. The molecule has 0 saturated carbocycles. The van der Waals surface area contributed by atoms with Crippen LogP contribution in [0.5, 0.6) is 0 Å². The van der Waals surface area contributed by atoms with Crippen molar-refractivity contribution in [3.05, 3.63) is 75.6 Å². The third kappa shape index (κ3) is 6.38. The Morgan fingerprint density at radius 1 is 1.19 bits per heavy atom. The number of aromatic nitrogens is 5. The number of halogens is 4. The molecule has 4 aromatic rings. The summed E-state index contributed by atoms with van der Waals surface area (Å²) in [5, 5.41) is 7.47. The fourth-order valence-corrected chi connectivity index (χ4v) is 8.35. The molecule has 2 aliphatic rings. The maximum absolute atomic E-state index is 13.6. The first-order chi connectivity index (χ1) is 22.3. The molecule has 1 fully saturated rings. The predicted molar refractivity (Wildman–Crippen MR) is 171 cm³/mol. The van der Waals surface area contributed by atoms with Gasteiger partial charge in [-0.3, -0.25) is 23.3 Å². The maximum atomic E-state index is 13.6. The summed E-state index contributed by atoms with van der Waals surface area (Å²) >= 11 is 6.29. The van der Waals surface area contributed by atoms with Gasteiger partial charge in [0.05, 0.1) is 30.3 Å². The number of fused-ring (bicyclic) bond motifs is 4. The number of nitrogens with zero attached hydrogens (tertiary/aromatic N) is 7. The Morgan fingerprint density at radius 2 is 1.98 bits per heavy atom. The zero-order valence-corrected chi connectivity index (χ0v) is 27.6. The van der Waals surface area contributed by atoms with E-state index in [0.29, 0.717) is 39.9 Å². The minimum atomic E-state index is -4.70. The topological polar surface area (TPSA) is 129 Å². The Morgan fingerprint density at radius 3 is 2.72 bits per heavy atom. The van der Waals surface area contributed by atoms with Crippen LogP contribution in [0.1, 0.15) is 72.4 Å². The second-order valence-electron chi connectivity index (χ2n) is 11.8. The number of anilines is 1. The second-order valence-corrected chi connectivity index (χ2v) is 14.3. The first-order valence-electron chi connectivity index (χ1n) is 15.3. The van der Waals surface area contributed by atoms with Crippen LogP contribution < -0.4 is 4.90 Å². The number of hydrogen-bond donors (Lipinski definition) is 2. The Bertz CT molecular complexity index is 1820. The lowest BCUT2D eigenvalue weighted by Crippen LogP contribution is -2.45. The van der Waals surface area contributed by atoms with E-state index < -0.39 is 34.7 Å². The van der Waals surface area contributed by atoms with E-state index in [1.807, 2.05) is 13.0 Å². The number of aryl methyl sites for hydroxylation is 2. The van der Waals surface area contributed by atoms with Crippen LogP contribution in [0.25, 0.3) is 5.65 Å². The van der Waals surface area contributed by atoms with Gasteiger partial charge in [-0.05, 0) is 74.9 Å². The van der Waals surface area contributed by atoms with Gasteiger partial charge in [-0.15, -0.1) is 21.0 Å². The number of ether oxygens (including phenoxy) is 1. The van der Waals surface area contributed by atoms with Crippen molar-refractivity contribution in [2.24, 2.45) is 0 Å². The summed E-state index contributed by atoms with van der Waals surface area (Å²) in [6.45, 7) is 6.49. The van der Waals surface area contributed by atoms with Crippen LogP contribution in [-0.4, -0.2) is 69.7 Å². The maximum Gasteiger partial charge on any atom is 0.452 e. The summed E-state index contributed by atoms with van der Waals surface area (Å²) in [7, 11) is -3.55. The molecule has 2 aliphatic heterocycles. The van der Waals surface area contributed by atoms with Crippen LogP contribution in [0.3, 0.4) is 0 Å². The SMILES string of the molecule is CCOC(=O)CC(c1ccc(C)c(CN2CC3CCCCN3c3ncc(Cl)cc3S2(O)O)n1)c1ccn2c(C(F)(F)F)nnc2c1C. The van der Waals surface area contributed by atoms with Crippen LogP contribution in [0.4, 0.5) is 19.0 Å². The number of alkyl halides is 3. The van der Waals surface area contributed by atoms with Crippen molar-refractivity contribution in [2.75, 3.05) is 24.6 Å². The molecule has 47 heavy (non-hydrogen) atoms. The lowest BCUT2D eigenvalue weighted by Gasteiger charge is -2.42. The van der Waals surface area contributed by atoms with Crippen LogP contribution in [-0.2, 0) is 22.3 Å². The molecule has 0 radical (unpaired) electrons. The molecule has 2 N–H and O–H groups in total. The summed E-state index contributed by atoms with van der Waals surface area (Å²) in [5.74, 6) is -1.84. The third-order valence-corrected chi connectivity index (χ3v) is 10.9. The summed E-state index contributed by atoms with van der Waals surface area (Å²) < 4.78 is 72.0. The van der Waals surface area contributed by atoms with Gasteiger partial charge >= 0.3 is 12.1 Å². The van der Waals surface area contributed by atoms with E-state index in [1.54, 1.807) is 30.3 Å². The highest BCUT2D eigenvalue weighted by Gasteiger charge is 2.41. The predicted octanol–water partition coefficient (Wildman–Crippen LogP) is 6.79. The zero-order valence-electron chi connectivity index (χ0n) is 26.0. The number of carbonyl (C=O) groups is 1. The van der Waals surface area contributed by atoms with Gasteiger partial charge in [0.1, 0.15) is 4.90 Å². The van der Waals surface area contributed by atoms with Crippen molar-refractivity contribution in [1.82, 2.24) is 28.9 Å². The molecule has 1 saturated heterocycles. The first-order valence-corrected chi connectivity index (χ1v) is 17.2. The van der Waals surface area contributed by atoms with Crippen molar-refractivity contribution >= 4 is 39.8 Å². The summed E-state index contributed by atoms with van der Waals surface area (Å²) in [6, 6.07) is 6.67. The third-order valence-electron chi connectivity index (χ3n) is 8.85. The van der Waals surface area contributed by atoms with Crippen LogP contribution >= 0.6 is 22.4 Å². The lowest BCUT2D eigenvalue weighted by atomic mass is 9.89. The van der Waals surface area contributed by atoms with E-state index >= 15 is 0 Å². The summed E-state index contributed by atoms with van der Waals surface area (Å²) in [4.78, 5) is 24.7. The molecule has 6 rings (SSSR count). The van der Waals surface area contributed by atoms with Crippen molar-refractivity contribution in [2.45, 2.75) is 76.0 Å². The first kappa shape index (κ1) is 33.4. The standard InChI is InChI=1S/C31H35ClF3N7O4S/c1-4-46-27(43)14-23(22-10-12-42-28(19(22)3)38-39-30(42)31(33,34)35)24-9-8-18(2)25(37-24)17-40-16-21-7-5-6-11-41(21)29-26(47(40,44)45)13-20(32)15-36-29/h8-10,12-13,15,21,23,44-45H,4-7,11,14,16-17H2,1-3H3. The van der Waals surface area contributed by atoms with E-state index in [9.17, 15) is 27.1 Å². The van der Waals surface area contributed by atoms with Gasteiger partial charge in [0.2, 0.25) is 5.82 Å². The number of pyridine rings is 3. The number of esters is 1. The quantitative estimate of drug-likeness (QED) is 0.200. The Hall–Kier alpha value is -3.50. The van der Waals surface area contributed by atoms with Crippen molar-refractivity contribution < 1.29 is 31.8 Å². The number of piperidine rings is 1. The molecule has 0 amide bonds. The van der Waals surface area contributed by atoms with Gasteiger partial charge < -0.3 is 9.64 Å². The second kappa shape index (κ2) is 12.8. The highest BCUT2D eigenvalue weighted by atomic mass is 35.5. The van der Waals surface area contributed by atoms with Gasteiger partial charge in [0, 0.05) is 43.1 Å². The van der Waals surface area contributed by atoms with Crippen molar-refractivity contribution in [3.8, 4) is 0 Å². The van der Waals surface area contributed by atoms with Gasteiger partial charge in [-0.25, -0.2) is 4.98 Å². The van der Waals surface area contributed by atoms with Crippen LogP contribution in [0.2, 0.25) is 5.02 Å². The minimum Gasteiger partial charge on any atom is -0.466 e. The summed E-state index contributed by atoms with van der Waals surface area (Å²) in [6.07, 6.45) is 0.733. The number of carbonyl (C=O) groups excluding carboxylic acids is 1. The Labute approximate surface area is 276 Å². The van der Waals surface area contributed by atoms with E-state index in [0.717, 1.165) is 35.8 Å². The molecule has 252 valence electrons. The van der Waals surface area contributed by atoms with Gasteiger partial charge in [0.25, 0.3) is 0 Å². The Kier molecular flexibility index (Phi) is 9.13. The van der Waals surface area contributed by atoms with Crippen molar-refractivity contribution in [3.63, 3.8) is 0 Å². The smallest absolute Gasteiger partial charge is 0.452 e. The average molecular weight is 694 g/mol. The number of rotatable bonds is 7. The largest absolute Gasteiger partial charge is 0.466 e. The van der Waals surface area contributed by atoms with E-state index in [4.69, 9.17) is 21.3 Å². The molecule has 0 spiro atoms. The molecule has 4 aromatic heterocycles. The fourth-order valence-electron chi connectivity index (χ4n) is 6.47. The summed E-state index contributed by atoms with van der Waals surface area (Å²) in [5.41, 5.74) is 2.77. The monoisotopic (exact) mass is 693 g/mol. The molecule has 16 heteroatoms. The normalized spacial score (nSPS) is 19.5. The Balaban J connectivity index is 1.41. The zero-order chi connectivity index (χ0) is 33.7. The minimum absolute atomic E-state index is 0.0102. The molecule has 0 aromatic carbocycles. The molecule has 6 heterocycles. The van der Waals surface area contributed by atoms with Gasteiger partial charge in [-0.1, -0.05) is 17.7 Å². The average Bonchev–Trinajstić information content (AvgIpc) is 3.44. The van der Waals surface area contributed by atoms with Crippen LogP contribution in [0.15, 0.2) is 41.6 Å². The number of hydrogen-bond acceptors (Lipinski definition) is 10. The molecule has 0 bridgehead atoms. The molecule has 11 nitrogen and oxygen atoms in total. The highest BCUT2D eigenvalue weighted by molar-refractivity contribution is 8.22. The van der Waals surface area contributed by atoms with Gasteiger partial charge in [-0.2, -0.15) is 17.5 Å². The molecule has 2 atom stereocenters. The lowest BCUT2D eigenvalue weighted by molar-refractivity contribution is -0.145. The van der Waals surface area contributed by atoms with E-state index in [2.05, 4.69) is 20.1 Å². The molecular weight excluding hydrogens is 659 g/mol. The highest BCUT2D eigenvalue weighted by Crippen LogP contribution is 2.58. The molecular formula is C31H35ClF3N7O4S. The fraction of sp³-hybridized carbons (Fsp3) is 0.452. The van der Waals surface area contributed by atoms with Crippen LogP contribution in [0, 0.1) is 13.8 Å². The van der Waals surface area contributed by atoms with Gasteiger partial charge in [0.15, 0.2) is 11.5 Å². The molecule has 2 unspecified atom stereocenters. The van der Waals surface area contributed by atoms with E-state index in [1.165, 1.54) is 18.5 Å². The van der Waals surface area contributed by atoms with E-state index in [-0.39, 0.29) is 36.2 Å².